The SMILES string of the molecule is OC(CN1CCNCC1)C1CCCO1. The van der Waals surface area contributed by atoms with E-state index in [1.807, 2.05) is 0 Å². The molecule has 0 aromatic heterocycles. The van der Waals surface area contributed by atoms with Gasteiger partial charge >= 0.3 is 0 Å². The molecule has 0 aromatic carbocycles. The van der Waals surface area contributed by atoms with Gasteiger partial charge in [-0.05, 0) is 12.8 Å². The number of piperazine rings is 1. The highest BCUT2D eigenvalue weighted by atomic mass is 16.5. The molecule has 2 aliphatic heterocycles. The first-order valence-electron chi connectivity index (χ1n) is 5.59. The molecule has 14 heavy (non-hydrogen) atoms. The first-order valence-corrected chi connectivity index (χ1v) is 5.59. The van der Waals surface area contributed by atoms with Gasteiger partial charge in [0, 0.05) is 39.3 Å². The molecule has 2 saturated heterocycles. The van der Waals surface area contributed by atoms with Crippen LogP contribution in [-0.4, -0.2) is 61.5 Å². The third kappa shape index (κ3) is 2.67. The summed E-state index contributed by atoms with van der Waals surface area (Å²) in [5.74, 6) is 0. The van der Waals surface area contributed by atoms with E-state index < -0.39 is 0 Å². The molecule has 2 aliphatic rings. The summed E-state index contributed by atoms with van der Waals surface area (Å²) in [7, 11) is 0. The number of ether oxygens (including phenoxy) is 1. The van der Waals surface area contributed by atoms with E-state index in [0.717, 1.165) is 52.2 Å². The minimum Gasteiger partial charge on any atom is -0.389 e. The Morgan fingerprint density at radius 2 is 2.21 bits per heavy atom. The summed E-state index contributed by atoms with van der Waals surface area (Å²) in [5, 5.41) is 13.2. The Balaban J connectivity index is 1.72. The smallest absolute Gasteiger partial charge is 0.0928 e. The molecule has 2 atom stereocenters. The van der Waals surface area contributed by atoms with Gasteiger partial charge in [-0.3, -0.25) is 4.90 Å². The highest BCUT2D eigenvalue weighted by Crippen LogP contribution is 2.16. The number of aliphatic hydroxyl groups excluding tert-OH is 1. The van der Waals surface area contributed by atoms with Crippen LogP contribution in [0, 0.1) is 0 Å². The van der Waals surface area contributed by atoms with Crippen LogP contribution in [0.2, 0.25) is 0 Å². The second kappa shape index (κ2) is 5.07. The van der Waals surface area contributed by atoms with Gasteiger partial charge < -0.3 is 15.2 Å². The lowest BCUT2D eigenvalue weighted by atomic mass is 10.1. The van der Waals surface area contributed by atoms with E-state index in [2.05, 4.69) is 10.2 Å². The largest absolute Gasteiger partial charge is 0.389 e. The lowest BCUT2D eigenvalue weighted by Crippen LogP contribution is -2.48. The molecule has 0 aromatic rings. The monoisotopic (exact) mass is 200 g/mol. The van der Waals surface area contributed by atoms with E-state index in [4.69, 9.17) is 4.74 Å². The highest BCUT2D eigenvalue weighted by molar-refractivity contribution is 4.78. The molecule has 0 saturated carbocycles. The van der Waals surface area contributed by atoms with Crippen molar-refractivity contribution in [2.24, 2.45) is 0 Å². The Kier molecular flexibility index (Phi) is 3.75. The fourth-order valence-corrected chi connectivity index (χ4v) is 2.18. The van der Waals surface area contributed by atoms with Crippen molar-refractivity contribution in [1.29, 1.82) is 0 Å². The average molecular weight is 200 g/mol. The number of β-amino-alcohol motifs (C(OH)–C–C–N with tert-alkyl or cyclic N) is 1. The highest BCUT2D eigenvalue weighted by Gasteiger charge is 2.26. The quantitative estimate of drug-likeness (QED) is 0.640. The first kappa shape index (κ1) is 10.4. The van der Waals surface area contributed by atoms with E-state index in [-0.39, 0.29) is 12.2 Å². The normalized spacial score (nSPS) is 31.9. The predicted molar refractivity (Wildman–Crippen MR) is 54.3 cm³/mol. The van der Waals surface area contributed by atoms with Crippen LogP contribution in [0.25, 0.3) is 0 Å². The number of rotatable bonds is 3. The lowest BCUT2D eigenvalue weighted by molar-refractivity contribution is -0.0197. The van der Waals surface area contributed by atoms with Gasteiger partial charge in [-0.15, -0.1) is 0 Å². The third-order valence-electron chi connectivity index (χ3n) is 3.05. The molecule has 2 N–H and O–H groups in total. The van der Waals surface area contributed by atoms with E-state index in [0.29, 0.717) is 0 Å². The van der Waals surface area contributed by atoms with Crippen LogP contribution >= 0.6 is 0 Å². The second-order valence-electron chi connectivity index (χ2n) is 4.17. The third-order valence-corrected chi connectivity index (χ3v) is 3.05. The molecule has 2 heterocycles. The molecule has 4 heteroatoms. The van der Waals surface area contributed by atoms with Crippen molar-refractivity contribution in [3.63, 3.8) is 0 Å². The van der Waals surface area contributed by atoms with Crippen LogP contribution < -0.4 is 5.32 Å². The van der Waals surface area contributed by atoms with E-state index >= 15 is 0 Å². The summed E-state index contributed by atoms with van der Waals surface area (Å²) >= 11 is 0. The summed E-state index contributed by atoms with van der Waals surface area (Å²) in [6.07, 6.45) is 1.91. The summed E-state index contributed by atoms with van der Waals surface area (Å²) in [6.45, 7) is 5.76. The van der Waals surface area contributed by atoms with Gasteiger partial charge in [-0.25, -0.2) is 0 Å². The summed E-state index contributed by atoms with van der Waals surface area (Å²) in [6, 6.07) is 0. The molecule has 0 amide bonds. The maximum atomic E-state index is 9.91. The number of aliphatic hydroxyl groups is 1. The van der Waals surface area contributed by atoms with Crippen LogP contribution in [0.15, 0.2) is 0 Å². The van der Waals surface area contributed by atoms with Gasteiger partial charge in [0.25, 0.3) is 0 Å². The molecular weight excluding hydrogens is 180 g/mol. The van der Waals surface area contributed by atoms with Crippen molar-refractivity contribution < 1.29 is 9.84 Å². The van der Waals surface area contributed by atoms with E-state index in [1.165, 1.54) is 0 Å². The zero-order valence-corrected chi connectivity index (χ0v) is 8.61. The van der Waals surface area contributed by atoms with Crippen LogP contribution in [-0.2, 0) is 4.74 Å². The zero-order valence-electron chi connectivity index (χ0n) is 8.61. The minimum absolute atomic E-state index is 0.0879. The molecule has 4 nitrogen and oxygen atoms in total. The number of nitrogens with one attached hydrogen (secondary N) is 1. The molecule has 2 fully saturated rings. The molecule has 2 unspecified atom stereocenters. The fourth-order valence-electron chi connectivity index (χ4n) is 2.18. The molecule has 0 aliphatic carbocycles. The van der Waals surface area contributed by atoms with Gasteiger partial charge in [0.1, 0.15) is 0 Å². The average Bonchev–Trinajstić information content (AvgIpc) is 2.72. The van der Waals surface area contributed by atoms with E-state index in [1.54, 1.807) is 0 Å². The number of hydrogen-bond donors (Lipinski definition) is 2. The van der Waals surface area contributed by atoms with Crippen LogP contribution in [0.4, 0.5) is 0 Å². The van der Waals surface area contributed by atoms with Crippen LogP contribution in [0.5, 0.6) is 0 Å². The minimum atomic E-state index is -0.296. The standard InChI is InChI=1S/C10H20N2O2/c13-9(10-2-1-7-14-10)8-12-5-3-11-4-6-12/h9-11,13H,1-8H2. The molecule has 0 radical (unpaired) electrons. The van der Waals surface area contributed by atoms with Gasteiger partial charge in [0.2, 0.25) is 0 Å². The zero-order chi connectivity index (χ0) is 9.80. The van der Waals surface area contributed by atoms with Crippen LogP contribution in [0.3, 0.4) is 0 Å². The van der Waals surface area contributed by atoms with Gasteiger partial charge in [-0.1, -0.05) is 0 Å². The Morgan fingerprint density at radius 1 is 1.43 bits per heavy atom. The topological polar surface area (TPSA) is 44.7 Å². The van der Waals surface area contributed by atoms with Gasteiger partial charge in [-0.2, -0.15) is 0 Å². The number of nitrogens with zero attached hydrogens (tertiary/aromatic N) is 1. The molecule has 82 valence electrons. The van der Waals surface area contributed by atoms with E-state index in [9.17, 15) is 5.11 Å². The van der Waals surface area contributed by atoms with Gasteiger partial charge in [0.15, 0.2) is 0 Å². The molecule has 2 rings (SSSR count). The summed E-state index contributed by atoms with van der Waals surface area (Å²) in [5.41, 5.74) is 0. The molecular formula is C10H20N2O2. The Morgan fingerprint density at radius 3 is 2.86 bits per heavy atom. The number of hydrogen-bond acceptors (Lipinski definition) is 4. The van der Waals surface area contributed by atoms with Crippen LogP contribution in [0.1, 0.15) is 12.8 Å². The Hall–Kier alpha value is -0.160. The summed E-state index contributed by atoms with van der Waals surface area (Å²) < 4.78 is 5.46. The molecule has 0 bridgehead atoms. The lowest BCUT2D eigenvalue weighted by Gasteiger charge is -2.30. The fraction of sp³-hybridized carbons (Fsp3) is 1.00. The van der Waals surface area contributed by atoms with Crippen molar-refractivity contribution in [3.8, 4) is 0 Å². The van der Waals surface area contributed by atoms with Gasteiger partial charge in [0.05, 0.1) is 12.2 Å². The first-order chi connectivity index (χ1) is 6.86. The van der Waals surface area contributed by atoms with Crippen molar-refractivity contribution in [3.05, 3.63) is 0 Å². The maximum absolute atomic E-state index is 9.91. The van der Waals surface area contributed by atoms with Crippen molar-refractivity contribution in [2.75, 3.05) is 39.3 Å². The predicted octanol–water partition coefficient (Wildman–Crippen LogP) is -0.568. The Labute approximate surface area is 85.2 Å². The van der Waals surface area contributed by atoms with Crippen molar-refractivity contribution >= 4 is 0 Å². The molecule has 0 spiro atoms. The van der Waals surface area contributed by atoms with Crippen molar-refractivity contribution in [1.82, 2.24) is 10.2 Å². The Bertz CT molecular complexity index is 166. The van der Waals surface area contributed by atoms with Crippen molar-refractivity contribution in [2.45, 2.75) is 25.0 Å². The second-order valence-corrected chi connectivity index (χ2v) is 4.17. The summed E-state index contributed by atoms with van der Waals surface area (Å²) in [4.78, 5) is 2.31. The maximum Gasteiger partial charge on any atom is 0.0928 e.